The Bertz CT molecular complexity index is 1690. The van der Waals surface area contributed by atoms with Crippen LogP contribution in [0.1, 0.15) is 48.7 Å². The third kappa shape index (κ3) is 5.19. The first-order chi connectivity index (χ1) is 19.5. The van der Waals surface area contributed by atoms with E-state index < -0.39 is 5.97 Å². The highest BCUT2D eigenvalue weighted by Crippen LogP contribution is 2.32. The molecule has 2 aromatic heterocycles. The predicted molar refractivity (Wildman–Crippen MR) is 156 cm³/mol. The van der Waals surface area contributed by atoms with Gasteiger partial charge in [0.05, 0.1) is 41.0 Å². The summed E-state index contributed by atoms with van der Waals surface area (Å²) in [6, 6.07) is 26.1. The summed E-state index contributed by atoms with van der Waals surface area (Å²) in [5.41, 5.74) is 5.12. The number of aliphatic carboxylic acids is 1. The number of nitrogens with one attached hydrogen (secondary N) is 1. The van der Waals surface area contributed by atoms with Gasteiger partial charge in [0.1, 0.15) is 0 Å². The molecule has 0 saturated heterocycles. The highest BCUT2D eigenvalue weighted by Gasteiger charge is 2.30. The van der Waals surface area contributed by atoms with Crippen LogP contribution in [0.5, 0.6) is 0 Å². The molecule has 6 rings (SSSR count). The van der Waals surface area contributed by atoms with Gasteiger partial charge in [0, 0.05) is 16.8 Å². The fourth-order valence-electron chi connectivity index (χ4n) is 5.94. The minimum absolute atomic E-state index is 0.0730. The number of hydrogen-bond donors (Lipinski definition) is 2. The summed E-state index contributed by atoms with van der Waals surface area (Å²) >= 11 is 0. The Morgan fingerprint density at radius 2 is 1.68 bits per heavy atom. The van der Waals surface area contributed by atoms with Crippen molar-refractivity contribution in [2.75, 3.05) is 0 Å². The molecule has 0 unspecified atom stereocenters. The lowest BCUT2D eigenvalue weighted by Gasteiger charge is -2.31. The number of rotatable bonds is 7. The molecular formula is C33H32N4O3. The zero-order valence-electron chi connectivity index (χ0n) is 22.5. The normalized spacial score (nSPS) is 18.0. The highest BCUT2D eigenvalue weighted by molar-refractivity contribution is 6.07. The van der Waals surface area contributed by atoms with Crippen molar-refractivity contribution in [2.45, 2.75) is 45.2 Å². The quantitative estimate of drug-likeness (QED) is 0.256. The van der Waals surface area contributed by atoms with Crippen molar-refractivity contribution in [3.05, 3.63) is 96.3 Å². The predicted octanol–water partition coefficient (Wildman–Crippen LogP) is 6.31. The van der Waals surface area contributed by atoms with Gasteiger partial charge in [-0.1, -0.05) is 54.6 Å². The lowest BCUT2D eigenvalue weighted by atomic mass is 9.79. The summed E-state index contributed by atoms with van der Waals surface area (Å²) in [6.45, 7) is 2.46. The summed E-state index contributed by atoms with van der Waals surface area (Å²) < 4.78 is 1.86. The highest BCUT2D eigenvalue weighted by atomic mass is 16.4. The van der Waals surface area contributed by atoms with Gasteiger partial charge in [-0.2, -0.15) is 5.10 Å². The van der Waals surface area contributed by atoms with Crippen molar-refractivity contribution in [2.24, 2.45) is 11.8 Å². The third-order valence-electron chi connectivity index (χ3n) is 8.24. The van der Waals surface area contributed by atoms with Gasteiger partial charge in [0.15, 0.2) is 0 Å². The first-order valence-corrected chi connectivity index (χ1v) is 13.9. The van der Waals surface area contributed by atoms with E-state index in [1.54, 1.807) is 0 Å². The molecule has 1 saturated carbocycles. The van der Waals surface area contributed by atoms with Crippen LogP contribution < -0.4 is 5.32 Å². The Labute approximate surface area is 232 Å². The van der Waals surface area contributed by atoms with Crippen molar-refractivity contribution in [1.29, 1.82) is 0 Å². The van der Waals surface area contributed by atoms with Gasteiger partial charge in [-0.25, -0.2) is 0 Å². The van der Waals surface area contributed by atoms with E-state index in [1.807, 2.05) is 84.5 Å². The van der Waals surface area contributed by atoms with Crippen LogP contribution in [0.3, 0.4) is 0 Å². The Hall–Kier alpha value is -4.52. The number of hydrogen-bond acceptors (Lipinski definition) is 4. The van der Waals surface area contributed by atoms with Gasteiger partial charge in [0.2, 0.25) is 0 Å². The number of carboxylic acids is 1. The van der Waals surface area contributed by atoms with E-state index in [-0.39, 0.29) is 23.8 Å². The molecule has 2 N–H and O–H groups in total. The number of benzene rings is 3. The maximum Gasteiger partial charge on any atom is 0.306 e. The van der Waals surface area contributed by atoms with Crippen LogP contribution >= 0.6 is 0 Å². The summed E-state index contributed by atoms with van der Waals surface area (Å²) in [4.78, 5) is 30.1. The van der Waals surface area contributed by atoms with Crippen molar-refractivity contribution >= 4 is 33.7 Å². The Balaban J connectivity index is 1.33. The Morgan fingerprint density at radius 1 is 0.925 bits per heavy atom. The number of fused-ring (bicyclic) bond motifs is 2. The van der Waals surface area contributed by atoms with E-state index in [0.29, 0.717) is 24.9 Å². The smallest absolute Gasteiger partial charge is 0.306 e. The number of pyridine rings is 1. The van der Waals surface area contributed by atoms with Crippen LogP contribution in [0.2, 0.25) is 0 Å². The topological polar surface area (TPSA) is 97.1 Å². The summed E-state index contributed by atoms with van der Waals surface area (Å²) in [5.74, 6) is -0.897. The second-order valence-electron chi connectivity index (χ2n) is 10.8. The molecule has 0 spiro atoms. The van der Waals surface area contributed by atoms with E-state index in [4.69, 9.17) is 4.98 Å². The van der Waals surface area contributed by atoms with Gasteiger partial charge < -0.3 is 10.4 Å². The zero-order valence-corrected chi connectivity index (χ0v) is 22.5. The molecule has 2 heterocycles. The maximum atomic E-state index is 13.9. The van der Waals surface area contributed by atoms with Gasteiger partial charge in [-0.3, -0.25) is 19.3 Å². The minimum Gasteiger partial charge on any atom is -0.481 e. The number of carbonyl (C=O) groups excluding carboxylic acids is 1. The molecule has 202 valence electrons. The van der Waals surface area contributed by atoms with Crippen molar-refractivity contribution in [3.63, 3.8) is 0 Å². The molecule has 3 aromatic carbocycles. The van der Waals surface area contributed by atoms with Gasteiger partial charge >= 0.3 is 5.97 Å². The first kappa shape index (κ1) is 25.7. The van der Waals surface area contributed by atoms with Crippen LogP contribution in [0.25, 0.3) is 32.9 Å². The fourth-order valence-corrected chi connectivity index (χ4v) is 5.94. The molecular weight excluding hydrogens is 500 g/mol. The molecule has 1 amide bonds. The summed E-state index contributed by atoms with van der Waals surface area (Å²) in [7, 11) is 0. The summed E-state index contributed by atoms with van der Waals surface area (Å²) in [6.07, 6.45) is 4.71. The van der Waals surface area contributed by atoms with Gasteiger partial charge in [-0.15, -0.1) is 0 Å². The molecule has 0 bridgehead atoms. The van der Waals surface area contributed by atoms with Crippen LogP contribution in [0.15, 0.2) is 85.1 Å². The van der Waals surface area contributed by atoms with E-state index in [9.17, 15) is 14.7 Å². The molecule has 5 aromatic rings. The largest absolute Gasteiger partial charge is 0.481 e. The molecule has 7 nitrogen and oxygen atoms in total. The first-order valence-electron chi connectivity index (χ1n) is 13.9. The number of nitrogens with zero attached hydrogens (tertiary/aromatic N) is 3. The lowest BCUT2D eigenvalue weighted by molar-refractivity contribution is -0.143. The Kier molecular flexibility index (Phi) is 7.03. The molecule has 1 atom stereocenters. The second-order valence-corrected chi connectivity index (χ2v) is 10.8. The standard InChI is InChI=1S/C33H32N4O3/c1-21(22-11-13-25(14-12-22)33(39)40)35-32(38)29-18-26(23-7-3-2-4-8-23)17-27-19-34-37(31(27)29)20-28-16-15-24-9-5-6-10-30(24)36-28/h2-10,15-19,21-22,25H,11-14,20H2,1H3,(H,35,38)(H,39,40)/t21-,22?,25?/m0/s1. The van der Waals surface area contributed by atoms with Gasteiger partial charge in [-0.05, 0) is 73.9 Å². The Morgan fingerprint density at radius 3 is 2.45 bits per heavy atom. The van der Waals surface area contributed by atoms with Crippen molar-refractivity contribution in [1.82, 2.24) is 20.1 Å². The molecule has 1 fully saturated rings. The molecule has 0 radical (unpaired) electrons. The summed E-state index contributed by atoms with van der Waals surface area (Å²) in [5, 5.41) is 19.3. The van der Waals surface area contributed by atoms with Crippen molar-refractivity contribution in [3.8, 4) is 11.1 Å². The molecule has 40 heavy (non-hydrogen) atoms. The maximum absolute atomic E-state index is 13.9. The van der Waals surface area contributed by atoms with Gasteiger partial charge in [0.25, 0.3) is 5.91 Å². The fraction of sp³-hybridized carbons (Fsp3) is 0.273. The number of para-hydroxylation sites is 1. The molecule has 1 aliphatic rings. The molecule has 7 heteroatoms. The minimum atomic E-state index is -0.718. The SMILES string of the molecule is C[C@H](NC(=O)c1cc(-c2ccccc2)cc2cnn(Cc3ccc4ccccc4n3)c12)C1CCC(C(=O)O)CC1. The van der Waals surface area contributed by atoms with E-state index in [2.05, 4.69) is 22.5 Å². The average Bonchev–Trinajstić information content (AvgIpc) is 3.39. The second kappa shape index (κ2) is 10.9. The number of amides is 1. The third-order valence-corrected chi connectivity index (χ3v) is 8.24. The number of aromatic nitrogens is 3. The van der Waals surface area contributed by atoms with E-state index >= 15 is 0 Å². The molecule has 1 aliphatic carbocycles. The van der Waals surface area contributed by atoms with Crippen LogP contribution in [-0.2, 0) is 11.3 Å². The number of carbonyl (C=O) groups is 2. The van der Waals surface area contributed by atoms with Crippen molar-refractivity contribution < 1.29 is 14.7 Å². The average molecular weight is 533 g/mol. The number of carboxylic acid groups (broad SMARTS) is 1. The van der Waals surface area contributed by atoms with E-state index in [1.165, 1.54) is 0 Å². The zero-order chi connectivity index (χ0) is 27.6. The monoisotopic (exact) mass is 532 g/mol. The van der Waals surface area contributed by atoms with Crippen LogP contribution in [0.4, 0.5) is 0 Å². The van der Waals surface area contributed by atoms with Crippen LogP contribution in [-0.4, -0.2) is 37.8 Å². The molecule has 0 aliphatic heterocycles. The van der Waals surface area contributed by atoms with Crippen LogP contribution in [0, 0.1) is 11.8 Å². The van der Waals surface area contributed by atoms with E-state index in [0.717, 1.165) is 51.5 Å². The lowest BCUT2D eigenvalue weighted by Crippen LogP contribution is -2.40.